The molecule has 0 aromatic carbocycles. The zero-order valence-corrected chi connectivity index (χ0v) is 24.3. The van der Waals surface area contributed by atoms with Crippen LogP contribution in [-0.2, 0) is 33.3 Å². The van der Waals surface area contributed by atoms with E-state index in [0.717, 1.165) is 0 Å². The van der Waals surface area contributed by atoms with Gasteiger partial charge in [-0.15, -0.1) is 0 Å². The quantitative estimate of drug-likeness (QED) is 0.128. The third-order valence-electron chi connectivity index (χ3n) is 5.43. The van der Waals surface area contributed by atoms with Crippen molar-refractivity contribution in [2.75, 3.05) is 59.0 Å². The highest BCUT2D eigenvalue weighted by molar-refractivity contribution is 8.77. The molecule has 1 heterocycles. The summed E-state index contributed by atoms with van der Waals surface area (Å²) in [6.07, 6.45) is -2.57. The third-order valence-corrected chi connectivity index (χ3v) is 8.81. The molecule has 0 aromatic heterocycles. The SMILES string of the molecule is CO[C@@H]1OC(COCC(=O)NCCOCCOCCCC(=O)C(N)CSSC(C)(C)C)[C@@H](C)[C@H](O)C1O. The lowest BCUT2D eigenvalue weighted by Gasteiger charge is -2.40. The molecule has 0 bridgehead atoms. The van der Waals surface area contributed by atoms with Gasteiger partial charge in [0, 0.05) is 43.1 Å². The predicted molar refractivity (Wildman–Crippen MR) is 144 cm³/mol. The molecule has 0 aromatic rings. The first kappa shape index (κ1) is 34.5. The van der Waals surface area contributed by atoms with Crippen LogP contribution >= 0.6 is 21.6 Å². The third kappa shape index (κ3) is 15.0. The molecule has 0 spiro atoms. The topological polar surface area (TPSA) is 159 Å². The van der Waals surface area contributed by atoms with Crippen molar-refractivity contribution in [3.8, 4) is 0 Å². The molecular formula is C24H46N2O9S2. The fraction of sp³-hybridized carbons (Fsp3) is 0.917. The number of ketones is 1. The Morgan fingerprint density at radius 1 is 1.08 bits per heavy atom. The minimum Gasteiger partial charge on any atom is -0.390 e. The molecule has 0 aliphatic carbocycles. The maximum absolute atomic E-state index is 12.1. The maximum Gasteiger partial charge on any atom is 0.246 e. The highest BCUT2D eigenvalue weighted by Crippen LogP contribution is 2.35. The summed E-state index contributed by atoms with van der Waals surface area (Å²) in [5.41, 5.74) is 5.95. The average molecular weight is 571 g/mol. The van der Waals surface area contributed by atoms with E-state index in [4.69, 9.17) is 29.4 Å². The van der Waals surface area contributed by atoms with Gasteiger partial charge in [-0.2, -0.15) is 0 Å². The summed E-state index contributed by atoms with van der Waals surface area (Å²) in [5.74, 6) is -0.0147. The Balaban J connectivity index is 1.97. The van der Waals surface area contributed by atoms with Crippen LogP contribution in [0.25, 0.3) is 0 Å². The minimum atomic E-state index is -1.13. The number of nitrogens with one attached hydrogen (secondary N) is 1. The van der Waals surface area contributed by atoms with Crippen molar-refractivity contribution in [1.29, 1.82) is 0 Å². The molecule has 1 amide bonds. The first-order chi connectivity index (χ1) is 17.5. The number of hydrogen-bond acceptors (Lipinski definition) is 12. The van der Waals surface area contributed by atoms with Crippen LogP contribution in [0.2, 0.25) is 0 Å². The highest BCUT2D eigenvalue weighted by Gasteiger charge is 2.42. The fourth-order valence-electron chi connectivity index (χ4n) is 3.27. The number of rotatable bonds is 19. The number of nitrogens with two attached hydrogens (primary N) is 1. The van der Waals surface area contributed by atoms with Gasteiger partial charge in [-0.1, -0.05) is 49.3 Å². The van der Waals surface area contributed by atoms with Gasteiger partial charge in [-0.25, -0.2) is 0 Å². The summed E-state index contributed by atoms with van der Waals surface area (Å²) in [4.78, 5) is 24.0. The second kappa shape index (κ2) is 18.7. The molecule has 13 heteroatoms. The molecule has 1 aliphatic heterocycles. The molecule has 1 rings (SSSR count). The van der Waals surface area contributed by atoms with E-state index in [9.17, 15) is 19.8 Å². The van der Waals surface area contributed by atoms with Crippen molar-refractivity contribution in [3.05, 3.63) is 0 Å². The molecule has 3 unspecified atom stereocenters. The minimum absolute atomic E-state index is 0.0536. The normalized spacial score (nSPS) is 25.1. The van der Waals surface area contributed by atoms with E-state index in [0.29, 0.717) is 51.6 Å². The number of carbonyl (C=O) groups is 2. The van der Waals surface area contributed by atoms with Gasteiger partial charge < -0.3 is 44.9 Å². The Morgan fingerprint density at radius 2 is 1.76 bits per heavy atom. The van der Waals surface area contributed by atoms with Gasteiger partial charge in [-0.3, -0.25) is 9.59 Å². The lowest BCUT2D eigenvalue weighted by Crippen LogP contribution is -2.55. The molecule has 1 fully saturated rings. The molecule has 0 radical (unpaired) electrons. The molecule has 218 valence electrons. The second-order valence-corrected chi connectivity index (χ2v) is 13.0. The number of Topliss-reactive ketones (excluding diaryl/α,β-unsaturated/α-hetero) is 1. The standard InChI is InChI=1S/C24H46N2O9S2/c1-16-19(35-23(31-5)22(30)21(16)29)13-34-14-20(28)26-8-10-33-12-11-32-9-6-7-18(27)17(25)15-36-37-24(2,3)4/h16-17,19,21-23,29-30H,6-15,25H2,1-5H3,(H,26,28)/t16-,17?,19?,21+,22?,23-/m1/s1. The lowest BCUT2D eigenvalue weighted by atomic mass is 9.91. The number of carbonyl (C=O) groups excluding carboxylic acids is 2. The van der Waals surface area contributed by atoms with E-state index in [-0.39, 0.29) is 35.6 Å². The van der Waals surface area contributed by atoms with Crippen LogP contribution in [0.3, 0.4) is 0 Å². The number of methoxy groups -OCH3 is 1. The zero-order valence-electron chi connectivity index (χ0n) is 22.7. The molecule has 1 saturated heterocycles. The highest BCUT2D eigenvalue weighted by atomic mass is 33.1. The van der Waals surface area contributed by atoms with Crippen molar-refractivity contribution in [2.24, 2.45) is 11.7 Å². The van der Waals surface area contributed by atoms with Crippen LogP contribution in [0.4, 0.5) is 0 Å². The second-order valence-electron chi connectivity index (χ2n) is 9.87. The smallest absolute Gasteiger partial charge is 0.246 e. The Morgan fingerprint density at radius 3 is 2.41 bits per heavy atom. The van der Waals surface area contributed by atoms with Gasteiger partial charge in [0.2, 0.25) is 5.91 Å². The van der Waals surface area contributed by atoms with E-state index in [1.54, 1.807) is 28.5 Å². The summed E-state index contributed by atoms with van der Waals surface area (Å²) in [6, 6.07) is -0.446. The van der Waals surface area contributed by atoms with Crippen LogP contribution < -0.4 is 11.1 Å². The Kier molecular flexibility index (Phi) is 17.5. The number of ether oxygens (including phenoxy) is 5. The van der Waals surface area contributed by atoms with Crippen LogP contribution in [0.5, 0.6) is 0 Å². The van der Waals surface area contributed by atoms with Gasteiger partial charge in [0.1, 0.15) is 18.5 Å². The van der Waals surface area contributed by atoms with Crippen molar-refractivity contribution in [3.63, 3.8) is 0 Å². The van der Waals surface area contributed by atoms with Gasteiger partial charge >= 0.3 is 0 Å². The van der Waals surface area contributed by atoms with E-state index >= 15 is 0 Å². The number of aliphatic hydroxyl groups excluding tert-OH is 2. The van der Waals surface area contributed by atoms with Crippen molar-refractivity contribution >= 4 is 33.3 Å². The summed E-state index contributed by atoms with van der Waals surface area (Å²) in [7, 11) is 4.74. The molecule has 1 aliphatic rings. The Bertz CT molecular complexity index is 652. The van der Waals surface area contributed by atoms with Crippen molar-refractivity contribution in [1.82, 2.24) is 5.32 Å². The summed E-state index contributed by atoms with van der Waals surface area (Å²) in [5, 5.41) is 22.7. The number of hydrogen-bond donors (Lipinski definition) is 4. The summed E-state index contributed by atoms with van der Waals surface area (Å²) >= 11 is 0. The largest absolute Gasteiger partial charge is 0.390 e. The Labute approximate surface area is 228 Å². The Hall–Kier alpha value is -0.480. The molecule has 0 saturated carbocycles. The molecule has 37 heavy (non-hydrogen) atoms. The van der Waals surface area contributed by atoms with Gasteiger partial charge in [0.05, 0.1) is 44.7 Å². The lowest BCUT2D eigenvalue weighted by molar-refractivity contribution is -0.282. The van der Waals surface area contributed by atoms with Crippen LogP contribution in [0.15, 0.2) is 0 Å². The van der Waals surface area contributed by atoms with Crippen LogP contribution in [0.1, 0.15) is 40.5 Å². The van der Waals surface area contributed by atoms with E-state index in [2.05, 4.69) is 26.1 Å². The first-order valence-electron chi connectivity index (χ1n) is 12.6. The molecule has 5 N–H and O–H groups in total. The van der Waals surface area contributed by atoms with E-state index < -0.39 is 30.6 Å². The van der Waals surface area contributed by atoms with Gasteiger partial charge in [0.25, 0.3) is 0 Å². The predicted octanol–water partition coefficient (Wildman–Crippen LogP) is 0.738. The van der Waals surface area contributed by atoms with Crippen molar-refractivity contribution < 1.29 is 43.5 Å². The number of aliphatic hydroxyl groups is 2. The van der Waals surface area contributed by atoms with Crippen molar-refractivity contribution in [2.45, 2.75) is 75.9 Å². The summed E-state index contributed by atoms with van der Waals surface area (Å²) in [6.45, 7) is 9.93. The molecule has 11 nitrogen and oxygen atoms in total. The fourth-order valence-corrected chi connectivity index (χ4v) is 5.73. The van der Waals surface area contributed by atoms with E-state index in [1.165, 1.54) is 7.11 Å². The average Bonchev–Trinajstić information content (AvgIpc) is 2.84. The maximum atomic E-state index is 12.1. The van der Waals surface area contributed by atoms with Crippen LogP contribution in [-0.4, -0.2) is 116 Å². The summed E-state index contributed by atoms with van der Waals surface area (Å²) < 4.78 is 27.0. The monoisotopic (exact) mass is 570 g/mol. The van der Waals surface area contributed by atoms with E-state index in [1.807, 2.05) is 0 Å². The molecular weight excluding hydrogens is 524 g/mol. The number of amides is 1. The first-order valence-corrected chi connectivity index (χ1v) is 14.9. The van der Waals surface area contributed by atoms with Gasteiger partial charge in [0.15, 0.2) is 6.29 Å². The zero-order chi connectivity index (χ0) is 27.8. The van der Waals surface area contributed by atoms with Gasteiger partial charge in [-0.05, 0) is 6.42 Å². The molecule has 6 atom stereocenters. The van der Waals surface area contributed by atoms with Crippen LogP contribution in [0, 0.1) is 5.92 Å².